The molecule has 1 nitrogen and oxygen atoms in total. The van der Waals surface area contributed by atoms with Crippen LogP contribution in [-0.4, -0.2) is 18.3 Å². The van der Waals surface area contributed by atoms with E-state index in [1.54, 1.807) is 23.9 Å². The molecule has 0 amide bonds. The molecule has 0 spiro atoms. The zero-order chi connectivity index (χ0) is 13.8. The fourth-order valence-electron chi connectivity index (χ4n) is 2.93. The van der Waals surface area contributed by atoms with Gasteiger partial charge in [0.1, 0.15) is 5.82 Å². The number of rotatable bonds is 4. The minimum absolute atomic E-state index is 0.0889. The first-order valence-electron chi connectivity index (χ1n) is 7.20. The molecular weight excluding hydrogens is 257 g/mol. The Bertz CT molecular complexity index is 407. The van der Waals surface area contributed by atoms with E-state index in [9.17, 15) is 4.39 Å². The lowest BCUT2D eigenvalue weighted by Gasteiger charge is -2.37. The van der Waals surface area contributed by atoms with Crippen molar-refractivity contribution in [3.63, 3.8) is 0 Å². The van der Waals surface area contributed by atoms with Crippen molar-refractivity contribution in [2.45, 2.75) is 49.3 Å². The molecular formula is C16H24FNS. The molecule has 1 fully saturated rings. The normalized spacial score (nSPS) is 27.7. The summed E-state index contributed by atoms with van der Waals surface area (Å²) in [7, 11) is 2.02. The lowest BCUT2D eigenvalue weighted by Crippen LogP contribution is -2.41. The van der Waals surface area contributed by atoms with E-state index in [2.05, 4.69) is 19.2 Å². The molecule has 0 saturated heterocycles. The van der Waals surface area contributed by atoms with Crippen LogP contribution in [0.4, 0.5) is 4.39 Å². The maximum Gasteiger partial charge on any atom is 0.136 e. The van der Waals surface area contributed by atoms with Crippen LogP contribution in [0.25, 0.3) is 0 Å². The summed E-state index contributed by atoms with van der Waals surface area (Å²) in [6.45, 7) is 4.60. The van der Waals surface area contributed by atoms with Crippen LogP contribution in [0, 0.1) is 17.7 Å². The first-order valence-corrected chi connectivity index (χ1v) is 8.08. The Labute approximate surface area is 120 Å². The van der Waals surface area contributed by atoms with Gasteiger partial charge in [-0.1, -0.05) is 26.0 Å². The molecule has 1 aromatic rings. The summed E-state index contributed by atoms with van der Waals surface area (Å²) >= 11 is 1.71. The third-order valence-electron chi connectivity index (χ3n) is 4.26. The lowest BCUT2D eigenvalue weighted by molar-refractivity contribution is 0.251. The molecule has 1 N–H and O–H groups in total. The Morgan fingerprint density at radius 1 is 1.26 bits per heavy atom. The predicted molar refractivity (Wildman–Crippen MR) is 81.1 cm³/mol. The number of thioether (sulfide) groups is 1. The van der Waals surface area contributed by atoms with Gasteiger partial charge in [0, 0.05) is 16.2 Å². The van der Waals surface area contributed by atoms with Crippen molar-refractivity contribution >= 4 is 11.8 Å². The van der Waals surface area contributed by atoms with Crippen LogP contribution in [0.2, 0.25) is 0 Å². The van der Waals surface area contributed by atoms with E-state index >= 15 is 0 Å². The molecule has 0 bridgehead atoms. The van der Waals surface area contributed by atoms with Crippen molar-refractivity contribution in [1.82, 2.24) is 5.32 Å². The highest BCUT2D eigenvalue weighted by Gasteiger charge is 2.31. The zero-order valence-corrected chi connectivity index (χ0v) is 12.8. The average molecular weight is 281 g/mol. The van der Waals surface area contributed by atoms with Crippen LogP contribution >= 0.6 is 11.8 Å². The molecule has 3 atom stereocenters. The minimum Gasteiger partial charge on any atom is -0.316 e. The van der Waals surface area contributed by atoms with E-state index in [4.69, 9.17) is 0 Å². The number of halogens is 1. The summed E-state index contributed by atoms with van der Waals surface area (Å²) < 4.78 is 13.8. The highest BCUT2D eigenvalue weighted by molar-refractivity contribution is 8.00. The zero-order valence-electron chi connectivity index (χ0n) is 12.0. The van der Waals surface area contributed by atoms with Crippen molar-refractivity contribution in [2.24, 2.45) is 11.8 Å². The monoisotopic (exact) mass is 281 g/mol. The van der Waals surface area contributed by atoms with Gasteiger partial charge in [0.15, 0.2) is 0 Å². The van der Waals surface area contributed by atoms with Crippen molar-refractivity contribution in [3.8, 4) is 0 Å². The van der Waals surface area contributed by atoms with Gasteiger partial charge in [-0.05, 0) is 50.3 Å². The minimum atomic E-state index is -0.0889. The Balaban J connectivity index is 2.08. The molecule has 1 aliphatic rings. The molecule has 3 heteroatoms. The van der Waals surface area contributed by atoms with Gasteiger partial charge in [0.05, 0.1) is 0 Å². The maximum absolute atomic E-state index is 13.8. The summed E-state index contributed by atoms with van der Waals surface area (Å²) in [6.07, 6.45) is 3.67. The molecule has 2 rings (SSSR count). The third kappa shape index (κ3) is 3.73. The summed E-state index contributed by atoms with van der Waals surface area (Å²) in [6, 6.07) is 7.63. The van der Waals surface area contributed by atoms with Crippen molar-refractivity contribution in [2.75, 3.05) is 7.05 Å². The molecule has 0 aliphatic heterocycles. The van der Waals surface area contributed by atoms with Crippen LogP contribution in [0.5, 0.6) is 0 Å². The first kappa shape index (κ1) is 14.9. The second kappa shape index (κ2) is 6.76. The first-order chi connectivity index (χ1) is 9.11. The fraction of sp³-hybridized carbons (Fsp3) is 0.625. The summed E-state index contributed by atoms with van der Waals surface area (Å²) in [5.41, 5.74) is 0. The number of hydrogen-bond donors (Lipinski definition) is 1. The molecule has 19 heavy (non-hydrogen) atoms. The van der Waals surface area contributed by atoms with E-state index in [0.717, 1.165) is 16.7 Å². The Morgan fingerprint density at radius 3 is 2.63 bits per heavy atom. The van der Waals surface area contributed by atoms with Gasteiger partial charge in [-0.2, -0.15) is 0 Å². The van der Waals surface area contributed by atoms with Crippen molar-refractivity contribution in [1.29, 1.82) is 0 Å². The number of nitrogens with one attached hydrogen (secondary N) is 1. The van der Waals surface area contributed by atoms with Crippen molar-refractivity contribution in [3.05, 3.63) is 30.1 Å². The number of hydrogen-bond acceptors (Lipinski definition) is 2. The van der Waals surface area contributed by atoms with Crippen molar-refractivity contribution < 1.29 is 4.39 Å². The Kier molecular flexibility index (Phi) is 5.28. The highest BCUT2D eigenvalue weighted by atomic mass is 32.2. The van der Waals surface area contributed by atoms with E-state index < -0.39 is 0 Å². The van der Waals surface area contributed by atoms with Crippen LogP contribution in [-0.2, 0) is 0 Å². The largest absolute Gasteiger partial charge is 0.316 e. The molecule has 0 radical (unpaired) electrons. The maximum atomic E-state index is 13.8. The van der Waals surface area contributed by atoms with E-state index in [1.165, 1.54) is 19.3 Å². The molecule has 1 aliphatic carbocycles. The molecule has 3 unspecified atom stereocenters. The molecule has 106 valence electrons. The predicted octanol–water partition coefficient (Wildman–Crippen LogP) is 4.33. The van der Waals surface area contributed by atoms with Gasteiger partial charge in [-0.25, -0.2) is 4.39 Å². The van der Waals surface area contributed by atoms with Crippen LogP contribution in [0.3, 0.4) is 0 Å². The lowest BCUT2D eigenvalue weighted by atomic mass is 9.79. The van der Waals surface area contributed by atoms with E-state index in [-0.39, 0.29) is 5.82 Å². The Morgan fingerprint density at radius 2 is 2.00 bits per heavy atom. The quantitative estimate of drug-likeness (QED) is 0.881. The van der Waals surface area contributed by atoms with Crippen LogP contribution in [0.15, 0.2) is 29.2 Å². The van der Waals surface area contributed by atoms with Gasteiger partial charge in [0.2, 0.25) is 0 Å². The summed E-state index contributed by atoms with van der Waals surface area (Å²) in [4.78, 5) is 0.789. The number of benzene rings is 1. The molecule has 1 aromatic carbocycles. The summed E-state index contributed by atoms with van der Waals surface area (Å²) in [5.74, 6) is 1.41. The van der Waals surface area contributed by atoms with Gasteiger partial charge in [-0.3, -0.25) is 0 Å². The van der Waals surface area contributed by atoms with Crippen LogP contribution in [0.1, 0.15) is 33.1 Å². The second-order valence-electron chi connectivity index (χ2n) is 5.80. The SMILES string of the molecule is CNC1CCC(C(C)C)CC1Sc1ccccc1F. The van der Waals surface area contributed by atoms with E-state index in [0.29, 0.717) is 11.3 Å². The summed E-state index contributed by atoms with van der Waals surface area (Å²) in [5, 5.41) is 3.88. The topological polar surface area (TPSA) is 12.0 Å². The molecule has 0 heterocycles. The average Bonchev–Trinajstić information content (AvgIpc) is 2.41. The van der Waals surface area contributed by atoms with Gasteiger partial charge in [-0.15, -0.1) is 11.8 Å². The third-order valence-corrected chi connectivity index (χ3v) is 5.67. The van der Waals surface area contributed by atoms with Gasteiger partial charge < -0.3 is 5.32 Å². The second-order valence-corrected chi connectivity index (χ2v) is 7.08. The fourth-order valence-corrected chi connectivity index (χ4v) is 4.37. The smallest absolute Gasteiger partial charge is 0.136 e. The van der Waals surface area contributed by atoms with E-state index in [1.807, 2.05) is 19.2 Å². The van der Waals surface area contributed by atoms with Gasteiger partial charge >= 0.3 is 0 Å². The standard InChI is InChI=1S/C16H24FNS/c1-11(2)12-8-9-14(18-3)16(10-12)19-15-7-5-4-6-13(15)17/h4-7,11-12,14,16,18H,8-10H2,1-3H3. The van der Waals surface area contributed by atoms with Gasteiger partial charge in [0.25, 0.3) is 0 Å². The Hall–Kier alpha value is -0.540. The highest BCUT2D eigenvalue weighted by Crippen LogP contribution is 2.39. The van der Waals surface area contributed by atoms with Crippen LogP contribution < -0.4 is 5.32 Å². The molecule has 0 aromatic heterocycles. The molecule has 1 saturated carbocycles.